The largest absolute Gasteiger partial charge is 0.465 e. The molecule has 0 aromatic heterocycles. The van der Waals surface area contributed by atoms with Crippen molar-refractivity contribution in [1.82, 2.24) is 0 Å². The number of fused-ring (bicyclic) bond motifs is 6. The molecule has 12 fully saturated rings. The van der Waals surface area contributed by atoms with Gasteiger partial charge in [0, 0.05) is 48.0 Å². The third kappa shape index (κ3) is 32.2. The summed E-state index contributed by atoms with van der Waals surface area (Å²) in [6, 6.07) is 0. The molecule has 139 heavy (non-hydrogen) atoms. The van der Waals surface area contributed by atoms with E-state index in [4.69, 9.17) is 85.3 Å². The Bertz CT molecular complexity index is 4330. The average Bonchev–Trinajstić information content (AvgIpc) is 1.56. The van der Waals surface area contributed by atoms with Crippen molar-refractivity contribution in [1.29, 1.82) is 0 Å². The summed E-state index contributed by atoms with van der Waals surface area (Å²) in [7, 11) is 0. The topological polar surface area (TPSA) is 494 Å². The summed E-state index contributed by atoms with van der Waals surface area (Å²) < 4.78 is 92.1. The predicted molar refractivity (Wildman–Crippen MR) is 493 cm³/mol. The lowest BCUT2D eigenvalue weighted by Gasteiger charge is -2.36. The van der Waals surface area contributed by atoms with E-state index in [0.717, 1.165) is 12.8 Å². The molecule has 0 amide bonds. The van der Waals surface area contributed by atoms with Gasteiger partial charge >= 0.3 is 107 Å². The highest BCUT2D eigenvalue weighted by Crippen LogP contribution is 2.59. The van der Waals surface area contributed by atoms with Crippen LogP contribution < -0.4 is 0 Å². The van der Waals surface area contributed by atoms with Crippen molar-refractivity contribution in [3.63, 3.8) is 0 Å². The van der Waals surface area contributed by atoms with Crippen molar-refractivity contribution in [3.8, 4) is 0 Å². The van der Waals surface area contributed by atoms with Crippen LogP contribution in [0.2, 0.25) is 0 Å². The number of esters is 18. The van der Waals surface area contributed by atoms with Crippen LogP contribution in [-0.4, -0.2) is 233 Å². The first kappa shape index (κ1) is 120. The van der Waals surface area contributed by atoms with E-state index in [1.807, 2.05) is 159 Å². The molecule has 12 aliphatic rings. The lowest BCUT2D eigenvalue weighted by atomic mass is 9.74. The van der Waals surface area contributed by atoms with Crippen LogP contribution in [0.3, 0.4) is 0 Å². The van der Waals surface area contributed by atoms with E-state index in [1.54, 1.807) is 41.5 Å². The van der Waals surface area contributed by atoms with Gasteiger partial charge < -0.3 is 90.4 Å². The number of rotatable bonds is 32. The first-order chi connectivity index (χ1) is 64.3. The van der Waals surface area contributed by atoms with E-state index < -0.39 is 115 Å². The summed E-state index contributed by atoms with van der Waals surface area (Å²) in [6.45, 7) is 55.6. The lowest BCUT2D eigenvalue weighted by molar-refractivity contribution is -0.171. The van der Waals surface area contributed by atoms with Gasteiger partial charge in [-0.1, -0.05) is 76.2 Å². The maximum Gasteiger partial charge on any atom is 0.348 e. The van der Waals surface area contributed by atoms with Crippen molar-refractivity contribution in [2.75, 3.05) is 66.1 Å². The minimum atomic E-state index is -0.777. The third-order valence-electron chi connectivity index (χ3n) is 29.7. The summed E-state index contributed by atoms with van der Waals surface area (Å²) in [4.78, 5) is 208. The molecule has 0 aromatic carbocycles. The third-order valence-corrected chi connectivity index (χ3v) is 29.7. The number of hydrogen-bond acceptors (Lipinski definition) is 37. The minimum absolute atomic E-state index is 0.0395. The van der Waals surface area contributed by atoms with E-state index in [2.05, 4.69) is 0 Å². The Hall–Kier alpha value is -9.58. The normalized spacial score (nSPS) is 27.7. The van der Waals surface area contributed by atoms with E-state index in [1.165, 1.54) is 0 Å². The van der Waals surface area contributed by atoms with Crippen LogP contribution >= 0.6 is 0 Å². The predicted octanol–water partition coefficient (Wildman–Crippen LogP) is 12.9. The fraction of sp³-hybridized carbons (Fsp3) is 0.824. The summed E-state index contributed by atoms with van der Waals surface area (Å²) >= 11 is 0. The van der Waals surface area contributed by atoms with Gasteiger partial charge in [-0.3, -0.25) is 76.7 Å². The SMILES string of the molecule is CCC(C)(C)C(=O)OC(C)C1CCOC1=O.CCC(C)(C)C(=O)OC1(C)COC(=O)C1.CCC(C)(C)C(=O)OC1C(=O)OCC1(C)C.CCC(C)(C)C(=O)OC1C2CC(C1CO)C1C(=O)OCC21.CCC(C)(C)C(=O)OC1CCOC1=O.CCC(C)(C)C(=O)OC1COC(=O)C1.CCC(C)(C)C(=O)OCCOC(=O)CC(=O)OC1C2CC3C(=O)OC1C3C2.CCC1(OC(=O)C(C)(C)CC)COC(=O)C1. The minimum Gasteiger partial charge on any atom is -0.465 e. The maximum absolute atomic E-state index is 12.3. The molecule has 1 N–H and O–H groups in total. The van der Waals surface area contributed by atoms with Gasteiger partial charge in [0.05, 0.1) is 100 Å². The number of ether oxygens (including phenoxy) is 18. The molecule has 8 aliphatic heterocycles. The van der Waals surface area contributed by atoms with Gasteiger partial charge in [-0.05, 0) is 214 Å². The Morgan fingerprint density at radius 2 is 0.906 bits per heavy atom. The Kier molecular flexibility index (Phi) is 43.0. The van der Waals surface area contributed by atoms with Gasteiger partial charge in [0.15, 0.2) is 11.2 Å². The quantitative estimate of drug-likeness (QED) is 0.0283. The van der Waals surface area contributed by atoms with Crippen molar-refractivity contribution >= 4 is 107 Å². The maximum atomic E-state index is 12.3. The van der Waals surface area contributed by atoms with E-state index in [9.17, 15) is 91.4 Å². The van der Waals surface area contributed by atoms with Crippen LogP contribution in [0.25, 0.3) is 0 Å². The van der Waals surface area contributed by atoms with Gasteiger partial charge in [0.1, 0.15) is 76.6 Å². The molecule has 4 aliphatic carbocycles. The fourth-order valence-electron chi connectivity index (χ4n) is 15.9. The second kappa shape index (κ2) is 49.9. The Labute approximate surface area is 818 Å². The summed E-state index contributed by atoms with van der Waals surface area (Å²) in [6.07, 6.45) is 6.28. The molecule has 8 heterocycles. The molecule has 0 aromatic rings. The summed E-state index contributed by atoms with van der Waals surface area (Å²) in [5, 5.41) is 9.69. The van der Waals surface area contributed by atoms with Crippen LogP contribution in [0.15, 0.2) is 0 Å². The molecule has 8 saturated heterocycles. The summed E-state index contributed by atoms with van der Waals surface area (Å²) in [5.41, 5.74) is -6.11. The van der Waals surface area contributed by atoms with E-state index in [-0.39, 0.29) is 214 Å². The van der Waals surface area contributed by atoms with Crippen molar-refractivity contribution in [2.45, 2.75) is 370 Å². The van der Waals surface area contributed by atoms with Crippen molar-refractivity contribution in [2.24, 2.45) is 102 Å². The molecule has 37 nitrogen and oxygen atoms in total. The number of aliphatic hydroxyl groups excluding tert-OH is 1. The standard InChI is InChI=1S/C19H26O8.C16H24O5.3C12H20O4.C11H18O4.2C10H16O4/c1-4-19(2,3)18(23)25-6-5-24-13(20)9-14(21)26-15-10-7-11-12(8-10)17(22)27-16(11)15;1-4-16(2,3)15(19)21-13-9-5-8(10(13)6-17)12-11(9)7-20-14(12)18;1-6-11(2,3)10(14)16-8-9(13)15-7-12(8,4)5;1-5-12(3,4)11(14)16-8(2)9-6-7-15-10(9)13;1-5-11(3,4)10(14)16-12(6-2)7-9(13)15-8-12;1-5-10(2,3)9(13)15-11(4)6-8(12)14-7-11;1-4-10(2,3)9(12)14-7-5-8(11)13-6-7;1-4-10(2,3)9(12)14-7-5-6-13-8(7)11/h10-12,15-16H,4-9H2,1-3H3;8-13,17H,4-7H2,1-3H3;8H,6-7H2,1-5H3;8-9H,5-7H2,1-4H3;5-8H2,1-4H3;5-7H2,1-4H3;2*7H,4-6H2,1-3H3. The number of hydrogen-bond donors (Lipinski definition) is 1. The average molecular weight is 1980 g/mol. The van der Waals surface area contributed by atoms with Crippen LogP contribution in [0.5, 0.6) is 0 Å². The van der Waals surface area contributed by atoms with Crippen LogP contribution in [-0.2, 0) is 172 Å². The first-order valence-corrected chi connectivity index (χ1v) is 49.3. The smallest absolute Gasteiger partial charge is 0.348 e. The second-order valence-electron chi connectivity index (χ2n) is 44.1. The highest BCUT2D eigenvalue weighted by molar-refractivity contribution is 5.92. The monoisotopic (exact) mass is 1980 g/mol. The van der Waals surface area contributed by atoms with Gasteiger partial charge in [-0.15, -0.1) is 0 Å². The zero-order valence-corrected chi connectivity index (χ0v) is 87.7. The molecule has 0 radical (unpaired) electrons. The van der Waals surface area contributed by atoms with Gasteiger partial charge in [0.25, 0.3) is 0 Å². The lowest BCUT2D eigenvalue weighted by Crippen LogP contribution is -2.44. The van der Waals surface area contributed by atoms with E-state index >= 15 is 0 Å². The number of carbonyl (C=O) groups is 18. The Balaban J connectivity index is 0.000000283. The van der Waals surface area contributed by atoms with Gasteiger partial charge in [-0.2, -0.15) is 0 Å². The zero-order chi connectivity index (χ0) is 106. The number of aliphatic hydroxyl groups is 1. The highest BCUT2D eigenvalue weighted by atomic mass is 16.7. The Morgan fingerprint density at radius 1 is 0.417 bits per heavy atom. The van der Waals surface area contributed by atoms with Crippen LogP contribution in [0.4, 0.5) is 0 Å². The molecule has 790 valence electrons. The van der Waals surface area contributed by atoms with Gasteiger partial charge in [-0.25, -0.2) is 9.59 Å². The van der Waals surface area contributed by atoms with Crippen molar-refractivity contribution in [3.05, 3.63) is 0 Å². The summed E-state index contributed by atoms with van der Waals surface area (Å²) in [5.74, 6) is -5.96. The zero-order valence-electron chi connectivity index (χ0n) is 87.7. The number of cyclic esters (lactones) is 7. The molecular formula is C102H160O37. The molecule has 0 spiro atoms. The molecule has 12 rings (SSSR count). The van der Waals surface area contributed by atoms with E-state index in [0.29, 0.717) is 103 Å². The number of carbonyl (C=O) groups excluding carboxylic acids is 18. The highest BCUT2D eigenvalue weighted by Gasteiger charge is 2.66. The van der Waals surface area contributed by atoms with Gasteiger partial charge in [0.2, 0.25) is 12.2 Å². The van der Waals surface area contributed by atoms with Crippen LogP contribution in [0, 0.1) is 102 Å². The van der Waals surface area contributed by atoms with Crippen LogP contribution in [0.1, 0.15) is 316 Å². The Morgan fingerprint density at radius 3 is 1.37 bits per heavy atom. The molecule has 18 unspecified atom stereocenters. The molecule has 18 atom stereocenters. The molecular weight excluding hydrogens is 1820 g/mol. The molecule has 4 bridgehead atoms. The second-order valence-corrected chi connectivity index (χ2v) is 44.1. The van der Waals surface area contributed by atoms with Crippen molar-refractivity contribution < 1.29 is 177 Å². The first-order valence-electron chi connectivity index (χ1n) is 49.3. The fourth-order valence-corrected chi connectivity index (χ4v) is 15.9. The molecule has 4 saturated carbocycles. The molecule has 37 heteroatoms.